The number of carbonyl (C=O) groups excluding carboxylic acids is 2. The molecule has 1 atom stereocenters. The number of hydrogen-bond acceptors (Lipinski definition) is 5. The standard InChI is InChI=1S/C28H31ClN4O3/c29-25-17-24(6-7-26(25)34)31-28(36)23-10-13-32(18-23)19-27(35)33-12-2-5-21(9-14-33)16-22-4-1-3-20(15-22)8-11-30/h1,3-7,15,17,23,34H,2,8-10,12-14,16,18-19H2,(H,31,36)/t23-/m1/s1. The average molecular weight is 507 g/mol. The summed E-state index contributed by atoms with van der Waals surface area (Å²) in [7, 11) is 0. The first-order valence-corrected chi connectivity index (χ1v) is 12.7. The predicted molar refractivity (Wildman–Crippen MR) is 140 cm³/mol. The van der Waals surface area contributed by atoms with Crippen LogP contribution < -0.4 is 5.32 Å². The van der Waals surface area contributed by atoms with Crippen molar-refractivity contribution in [2.75, 3.05) is 38.0 Å². The summed E-state index contributed by atoms with van der Waals surface area (Å²) in [6, 6.07) is 14.9. The zero-order valence-corrected chi connectivity index (χ0v) is 21.0. The first-order valence-electron chi connectivity index (χ1n) is 12.3. The lowest BCUT2D eigenvalue weighted by atomic mass is 9.99. The normalized spacial score (nSPS) is 18.3. The topological polar surface area (TPSA) is 96.7 Å². The second-order valence-corrected chi connectivity index (χ2v) is 9.90. The van der Waals surface area contributed by atoms with E-state index in [1.807, 2.05) is 17.0 Å². The largest absolute Gasteiger partial charge is 0.506 e. The van der Waals surface area contributed by atoms with E-state index in [2.05, 4.69) is 34.5 Å². The lowest BCUT2D eigenvalue weighted by Gasteiger charge is -2.24. The molecule has 2 heterocycles. The van der Waals surface area contributed by atoms with E-state index in [1.54, 1.807) is 6.07 Å². The van der Waals surface area contributed by atoms with E-state index in [0.29, 0.717) is 51.3 Å². The summed E-state index contributed by atoms with van der Waals surface area (Å²) in [5, 5.41) is 21.5. The Kier molecular flexibility index (Phi) is 8.63. The highest BCUT2D eigenvalue weighted by Gasteiger charge is 2.30. The van der Waals surface area contributed by atoms with E-state index in [1.165, 1.54) is 23.3 Å². The molecule has 0 spiro atoms. The van der Waals surface area contributed by atoms with Gasteiger partial charge in [-0.05, 0) is 61.6 Å². The number of halogens is 1. The summed E-state index contributed by atoms with van der Waals surface area (Å²) in [5.74, 6) is -0.221. The number of amides is 2. The van der Waals surface area contributed by atoms with E-state index in [-0.39, 0.29) is 28.5 Å². The highest BCUT2D eigenvalue weighted by Crippen LogP contribution is 2.27. The molecule has 0 bridgehead atoms. The van der Waals surface area contributed by atoms with Crippen molar-refractivity contribution in [1.29, 1.82) is 5.26 Å². The van der Waals surface area contributed by atoms with Gasteiger partial charge in [0.1, 0.15) is 5.75 Å². The van der Waals surface area contributed by atoms with Crippen molar-refractivity contribution >= 4 is 29.1 Å². The summed E-state index contributed by atoms with van der Waals surface area (Å²) in [6.07, 6.45) is 5.88. The molecule has 2 N–H and O–H groups in total. The molecule has 4 rings (SSSR count). The number of likely N-dealkylation sites (tertiary alicyclic amines) is 1. The summed E-state index contributed by atoms with van der Waals surface area (Å²) < 4.78 is 0. The van der Waals surface area contributed by atoms with Gasteiger partial charge in [-0.15, -0.1) is 0 Å². The highest BCUT2D eigenvalue weighted by atomic mass is 35.5. The second kappa shape index (κ2) is 12.1. The van der Waals surface area contributed by atoms with Gasteiger partial charge in [-0.1, -0.05) is 47.5 Å². The van der Waals surface area contributed by atoms with Crippen molar-refractivity contribution in [2.45, 2.75) is 32.1 Å². The minimum atomic E-state index is -0.195. The molecule has 8 heteroatoms. The molecule has 2 aliphatic rings. The number of phenolic OH excluding ortho intramolecular Hbond substituents is 1. The minimum absolute atomic E-state index is 0.0270. The summed E-state index contributed by atoms with van der Waals surface area (Å²) in [4.78, 5) is 29.7. The van der Waals surface area contributed by atoms with Gasteiger partial charge >= 0.3 is 0 Å². The SMILES string of the molecule is N#CCc1cccc(CC2=CCCN(C(=O)CN3CC[C@@H](C(=O)Nc4ccc(O)c(Cl)c4)C3)CC2)c1. The Labute approximate surface area is 217 Å². The number of benzene rings is 2. The van der Waals surface area contributed by atoms with Crippen molar-refractivity contribution in [3.63, 3.8) is 0 Å². The fraction of sp³-hybridized carbons (Fsp3) is 0.393. The van der Waals surface area contributed by atoms with Crippen LogP contribution in [0.1, 0.15) is 30.4 Å². The molecule has 2 aromatic rings. The highest BCUT2D eigenvalue weighted by molar-refractivity contribution is 6.32. The first-order chi connectivity index (χ1) is 17.4. The van der Waals surface area contributed by atoms with Crippen LogP contribution in [0, 0.1) is 17.2 Å². The molecule has 0 aromatic heterocycles. The van der Waals surface area contributed by atoms with Crippen LogP contribution in [0.2, 0.25) is 5.02 Å². The minimum Gasteiger partial charge on any atom is -0.506 e. The summed E-state index contributed by atoms with van der Waals surface area (Å²) in [6.45, 7) is 2.97. The number of aromatic hydroxyl groups is 1. The van der Waals surface area contributed by atoms with E-state index in [9.17, 15) is 14.7 Å². The number of nitrogens with one attached hydrogen (secondary N) is 1. The van der Waals surface area contributed by atoms with Gasteiger partial charge in [0.05, 0.1) is 30.0 Å². The third-order valence-corrected chi connectivity index (χ3v) is 7.11. The smallest absolute Gasteiger partial charge is 0.236 e. The molecule has 2 aliphatic heterocycles. The van der Waals surface area contributed by atoms with Crippen molar-refractivity contribution in [3.05, 3.63) is 70.3 Å². The van der Waals surface area contributed by atoms with Crippen molar-refractivity contribution in [1.82, 2.24) is 9.80 Å². The molecule has 0 radical (unpaired) electrons. The maximum Gasteiger partial charge on any atom is 0.236 e. The molecule has 1 fully saturated rings. The van der Waals surface area contributed by atoms with Gasteiger partial charge in [0.15, 0.2) is 0 Å². The summed E-state index contributed by atoms with van der Waals surface area (Å²) in [5.41, 5.74) is 4.10. The molecular weight excluding hydrogens is 476 g/mol. The third-order valence-electron chi connectivity index (χ3n) is 6.81. The second-order valence-electron chi connectivity index (χ2n) is 9.49. The molecule has 0 aliphatic carbocycles. The van der Waals surface area contributed by atoms with Crippen LogP contribution in [-0.4, -0.2) is 59.4 Å². The Bertz CT molecular complexity index is 1190. The van der Waals surface area contributed by atoms with Crippen molar-refractivity contribution < 1.29 is 14.7 Å². The monoisotopic (exact) mass is 506 g/mol. The number of rotatable bonds is 7. The van der Waals surface area contributed by atoms with Crippen LogP contribution in [-0.2, 0) is 22.4 Å². The molecule has 188 valence electrons. The number of hydrogen-bond donors (Lipinski definition) is 2. The molecule has 2 amide bonds. The third kappa shape index (κ3) is 6.87. The number of phenols is 1. The van der Waals surface area contributed by atoms with E-state index < -0.39 is 0 Å². The Balaban J connectivity index is 1.23. The fourth-order valence-electron chi connectivity index (χ4n) is 4.84. The van der Waals surface area contributed by atoms with E-state index >= 15 is 0 Å². The Morgan fingerprint density at radius 3 is 2.78 bits per heavy atom. The predicted octanol–water partition coefficient (Wildman–Crippen LogP) is 4.16. The van der Waals surface area contributed by atoms with Crippen LogP contribution in [0.4, 0.5) is 5.69 Å². The zero-order chi connectivity index (χ0) is 25.5. The van der Waals surface area contributed by atoms with E-state index in [0.717, 1.165) is 24.8 Å². The Hall–Kier alpha value is -3.34. The lowest BCUT2D eigenvalue weighted by Crippen LogP contribution is -2.40. The van der Waals surface area contributed by atoms with Gasteiger partial charge in [-0.25, -0.2) is 0 Å². The summed E-state index contributed by atoms with van der Waals surface area (Å²) >= 11 is 5.92. The van der Waals surface area contributed by atoms with Gasteiger partial charge in [-0.2, -0.15) is 5.26 Å². The molecule has 7 nitrogen and oxygen atoms in total. The van der Waals surface area contributed by atoms with Gasteiger partial charge in [-0.3, -0.25) is 14.5 Å². The Morgan fingerprint density at radius 1 is 1.14 bits per heavy atom. The quantitative estimate of drug-likeness (QED) is 0.434. The number of nitriles is 1. The van der Waals surface area contributed by atoms with Crippen LogP contribution in [0.25, 0.3) is 0 Å². The van der Waals surface area contributed by atoms with Gasteiger partial charge < -0.3 is 15.3 Å². The van der Waals surface area contributed by atoms with Gasteiger partial charge in [0, 0.05) is 25.3 Å². The van der Waals surface area contributed by atoms with Crippen LogP contribution in [0.15, 0.2) is 54.1 Å². The lowest BCUT2D eigenvalue weighted by molar-refractivity contribution is -0.132. The van der Waals surface area contributed by atoms with Crippen molar-refractivity contribution in [3.8, 4) is 11.8 Å². The number of carbonyl (C=O) groups is 2. The molecule has 2 aromatic carbocycles. The van der Waals surface area contributed by atoms with E-state index in [4.69, 9.17) is 16.9 Å². The first kappa shape index (κ1) is 25.7. The van der Waals surface area contributed by atoms with Crippen LogP contribution in [0.5, 0.6) is 5.75 Å². The molecule has 36 heavy (non-hydrogen) atoms. The van der Waals surface area contributed by atoms with Crippen LogP contribution in [0.3, 0.4) is 0 Å². The molecule has 1 saturated heterocycles. The van der Waals surface area contributed by atoms with Gasteiger partial charge in [0.2, 0.25) is 11.8 Å². The maximum absolute atomic E-state index is 13.0. The zero-order valence-electron chi connectivity index (χ0n) is 20.3. The number of anilines is 1. The fourth-order valence-corrected chi connectivity index (χ4v) is 5.02. The average Bonchev–Trinajstić information content (AvgIpc) is 3.20. The van der Waals surface area contributed by atoms with Crippen LogP contribution >= 0.6 is 11.6 Å². The number of nitrogens with zero attached hydrogens (tertiary/aromatic N) is 3. The molecular formula is C28H31ClN4O3. The Morgan fingerprint density at radius 2 is 1.97 bits per heavy atom. The van der Waals surface area contributed by atoms with Crippen molar-refractivity contribution in [2.24, 2.45) is 5.92 Å². The maximum atomic E-state index is 13.0. The van der Waals surface area contributed by atoms with Gasteiger partial charge in [0.25, 0.3) is 0 Å². The molecule has 0 unspecified atom stereocenters. The molecule has 0 saturated carbocycles.